The Kier molecular flexibility index (Phi) is 5.84. The van der Waals surface area contributed by atoms with Crippen molar-refractivity contribution in [1.82, 2.24) is 4.98 Å². The maximum Gasteiger partial charge on any atom is 0.210 e. The van der Waals surface area contributed by atoms with E-state index in [1.165, 1.54) is 25.4 Å². The first-order valence-electron chi connectivity index (χ1n) is 9.73. The summed E-state index contributed by atoms with van der Waals surface area (Å²) in [5.41, 5.74) is 1.36. The average Bonchev–Trinajstić information content (AvgIpc) is 2.73. The van der Waals surface area contributed by atoms with Gasteiger partial charge in [-0.05, 0) is 55.2 Å². The largest absolute Gasteiger partial charge is 0.495 e. The highest BCUT2D eigenvalue weighted by molar-refractivity contribution is 7.91. The number of sulfone groups is 1. The molecule has 0 amide bonds. The fourth-order valence-corrected chi connectivity index (χ4v) is 5.78. The van der Waals surface area contributed by atoms with Gasteiger partial charge in [0.25, 0.3) is 0 Å². The minimum absolute atomic E-state index is 0.100. The van der Waals surface area contributed by atoms with Gasteiger partial charge in [-0.2, -0.15) is 0 Å². The van der Waals surface area contributed by atoms with Crippen molar-refractivity contribution in [3.63, 3.8) is 0 Å². The quantitative estimate of drug-likeness (QED) is 0.501. The smallest absolute Gasteiger partial charge is 0.210 e. The molecule has 1 fully saturated rings. The minimum atomic E-state index is -3.87. The maximum atomic E-state index is 13.6. The number of fused-ring (bicyclic) bond motifs is 1. The van der Waals surface area contributed by atoms with Crippen LogP contribution < -0.4 is 9.64 Å². The Labute approximate surface area is 186 Å². The summed E-state index contributed by atoms with van der Waals surface area (Å²) in [6.07, 6.45) is 3.44. The minimum Gasteiger partial charge on any atom is -0.495 e. The molecule has 0 N–H and O–H groups in total. The number of hydrogen-bond acceptors (Lipinski definition) is 5. The third kappa shape index (κ3) is 3.84. The number of halogens is 2. The van der Waals surface area contributed by atoms with Crippen LogP contribution in [0.2, 0.25) is 10.0 Å². The predicted octanol–water partition coefficient (Wildman–Crippen LogP) is 5.62. The van der Waals surface area contributed by atoms with Crippen LogP contribution in [0.4, 0.5) is 5.69 Å². The molecular weight excluding hydrogens is 443 g/mol. The van der Waals surface area contributed by atoms with Gasteiger partial charge in [-0.3, -0.25) is 4.98 Å². The number of hydrogen-bond donors (Lipinski definition) is 0. The zero-order chi connectivity index (χ0) is 21.5. The molecule has 0 atom stereocenters. The SMILES string of the molecule is COc1ccc(S(=O)(=O)c2cnc3ccc(Cl)cc3c2N2CCC(C)CC2)cc1Cl. The van der Waals surface area contributed by atoms with Gasteiger partial charge in [0.05, 0.1) is 28.2 Å². The molecule has 8 heteroatoms. The third-order valence-electron chi connectivity index (χ3n) is 5.59. The lowest BCUT2D eigenvalue weighted by atomic mass is 9.98. The number of benzene rings is 2. The lowest BCUT2D eigenvalue weighted by Gasteiger charge is -2.34. The molecule has 1 saturated heterocycles. The fourth-order valence-electron chi connectivity index (χ4n) is 3.83. The number of nitrogens with zero attached hydrogens (tertiary/aromatic N) is 2. The van der Waals surface area contributed by atoms with Crippen molar-refractivity contribution in [2.24, 2.45) is 5.92 Å². The molecular formula is C22H22Cl2N2O3S. The number of pyridine rings is 1. The molecule has 2 heterocycles. The molecule has 1 aliphatic rings. The van der Waals surface area contributed by atoms with Crippen LogP contribution >= 0.6 is 23.2 Å². The van der Waals surface area contributed by atoms with Gasteiger partial charge in [0.15, 0.2) is 0 Å². The molecule has 30 heavy (non-hydrogen) atoms. The van der Waals surface area contributed by atoms with Crippen molar-refractivity contribution in [3.05, 3.63) is 52.6 Å². The van der Waals surface area contributed by atoms with E-state index < -0.39 is 9.84 Å². The van der Waals surface area contributed by atoms with Gasteiger partial charge >= 0.3 is 0 Å². The lowest BCUT2D eigenvalue weighted by Crippen LogP contribution is -2.34. The lowest BCUT2D eigenvalue weighted by molar-refractivity contribution is 0.414. The van der Waals surface area contributed by atoms with Crippen LogP contribution in [-0.4, -0.2) is 33.6 Å². The monoisotopic (exact) mass is 464 g/mol. The molecule has 4 rings (SSSR count). The average molecular weight is 465 g/mol. The van der Waals surface area contributed by atoms with Crippen LogP contribution in [0.25, 0.3) is 10.9 Å². The molecule has 0 radical (unpaired) electrons. The van der Waals surface area contributed by atoms with E-state index >= 15 is 0 Å². The van der Waals surface area contributed by atoms with E-state index in [0.29, 0.717) is 27.9 Å². The van der Waals surface area contributed by atoms with Crippen LogP contribution in [0, 0.1) is 5.92 Å². The molecule has 1 aliphatic heterocycles. The first kappa shape index (κ1) is 21.2. The summed E-state index contributed by atoms with van der Waals surface area (Å²) in [5, 5.41) is 1.51. The molecule has 5 nitrogen and oxygen atoms in total. The van der Waals surface area contributed by atoms with E-state index in [1.807, 2.05) is 6.07 Å². The van der Waals surface area contributed by atoms with Crippen LogP contribution in [-0.2, 0) is 9.84 Å². The highest BCUT2D eigenvalue weighted by atomic mass is 35.5. The Bertz CT molecular complexity index is 1210. The number of anilines is 1. The van der Waals surface area contributed by atoms with Gasteiger partial charge in [-0.25, -0.2) is 8.42 Å². The zero-order valence-electron chi connectivity index (χ0n) is 16.7. The number of rotatable bonds is 4. The van der Waals surface area contributed by atoms with Crippen molar-refractivity contribution >= 4 is 49.6 Å². The van der Waals surface area contributed by atoms with E-state index in [1.54, 1.807) is 18.2 Å². The highest BCUT2D eigenvalue weighted by Crippen LogP contribution is 2.39. The van der Waals surface area contributed by atoms with Crippen LogP contribution in [0.3, 0.4) is 0 Å². The normalized spacial score (nSPS) is 15.5. The van der Waals surface area contributed by atoms with Gasteiger partial charge < -0.3 is 9.64 Å². The Balaban J connectivity index is 1.93. The van der Waals surface area contributed by atoms with Gasteiger partial charge in [0, 0.05) is 29.7 Å². The Morgan fingerprint density at radius 3 is 2.50 bits per heavy atom. The zero-order valence-corrected chi connectivity index (χ0v) is 19.1. The van der Waals surface area contributed by atoms with Crippen LogP contribution in [0.15, 0.2) is 52.4 Å². The molecule has 1 aromatic heterocycles. The third-order valence-corrected chi connectivity index (χ3v) is 7.87. The second kappa shape index (κ2) is 8.25. The molecule has 0 aliphatic carbocycles. The summed E-state index contributed by atoms with van der Waals surface area (Å²) < 4.78 is 32.4. The molecule has 0 unspecified atom stereocenters. The molecule has 0 bridgehead atoms. The summed E-state index contributed by atoms with van der Waals surface area (Å²) in [6, 6.07) is 9.84. The van der Waals surface area contributed by atoms with Gasteiger partial charge in [0.1, 0.15) is 10.6 Å². The van der Waals surface area contributed by atoms with Crippen LogP contribution in [0.1, 0.15) is 19.8 Å². The van der Waals surface area contributed by atoms with E-state index in [-0.39, 0.29) is 14.8 Å². The summed E-state index contributed by atoms with van der Waals surface area (Å²) in [5.74, 6) is 1.03. The first-order chi connectivity index (χ1) is 14.3. The van der Waals surface area contributed by atoms with Crippen molar-refractivity contribution < 1.29 is 13.2 Å². The summed E-state index contributed by atoms with van der Waals surface area (Å²) in [7, 11) is -2.38. The maximum absolute atomic E-state index is 13.6. The Morgan fingerprint density at radius 1 is 1.10 bits per heavy atom. The van der Waals surface area contributed by atoms with Gasteiger partial charge in [-0.15, -0.1) is 0 Å². The van der Waals surface area contributed by atoms with Crippen molar-refractivity contribution in [2.45, 2.75) is 29.6 Å². The van der Waals surface area contributed by atoms with Crippen molar-refractivity contribution in [1.29, 1.82) is 0 Å². The number of piperidine rings is 1. The second-order valence-corrected chi connectivity index (χ2v) is 10.4. The Morgan fingerprint density at radius 2 is 1.83 bits per heavy atom. The van der Waals surface area contributed by atoms with E-state index in [2.05, 4.69) is 16.8 Å². The number of methoxy groups -OCH3 is 1. The molecule has 0 saturated carbocycles. The predicted molar refractivity (Wildman–Crippen MR) is 121 cm³/mol. The molecule has 158 valence electrons. The Hall–Kier alpha value is -2.02. The molecule has 3 aromatic rings. The number of aromatic nitrogens is 1. The van der Waals surface area contributed by atoms with E-state index in [9.17, 15) is 8.42 Å². The molecule has 0 spiro atoms. The summed E-state index contributed by atoms with van der Waals surface area (Å²) in [4.78, 5) is 6.82. The standard InChI is InChI=1S/C22H22Cl2N2O3S/c1-14-7-9-26(10-8-14)22-17-11-15(23)3-5-19(17)25-13-21(22)30(27,28)16-4-6-20(29-2)18(24)12-16/h3-6,11-14H,7-10H2,1-2H3. The first-order valence-corrected chi connectivity index (χ1v) is 12.0. The van der Waals surface area contributed by atoms with E-state index in [0.717, 1.165) is 31.3 Å². The van der Waals surface area contributed by atoms with Crippen molar-refractivity contribution in [3.8, 4) is 5.75 Å². The second-order valence-electron chi connectivity index (χ2n) is 7.60. The van der Waals surface area contributed by atoms with Gasteiger partial charge in [-0.1, -0.05) is 30.1 Å². The van der Waals surface area contributed by atoms with E-state index in [4.69, 9.17) is 27.9 Å². The number of ether oxygens (including phenoxy) is 1. The van der Waals surface area contributed by atoms with Crippen molar-refractivity contribution in [2.75, 3.05) is 25.1 Å². The molecule has 2 aromatic carbocycles. The fraction of sp³-hybridized carbons (Fsp3) is 0.318. The highest BCUT2D eigenvalue weighted by Gasteiger charge is 2.29. The topological polar surface area (TPSA) is 59.5 Å². The van der Waals surface area contributed by atoms with Gasteiger partial charge in [0.2, 0.25) is 9.84 Å². The summed E-state index contributed by atoms with van der Waals surface area (Å²) in [6.45, 7) is 3.77. The van der Waals surface area contributed by atoms with Crippen LogP contribution in [0.5, 0.6) is 5.75 Å². The summed E-state index contributed by atoms with van der Waals surface area (Å²) >= 11 is 12.5.